The van der Waals surface area contributed by atoms with Crippen molar-refractivity contribution in [2.45, 2.75) is 12.8 Å². The molecular formula is C18H14FNO2. The number of para-hydroxylation sites is 1. The summed E-state index contributed by atoms with van der Waals surface area (Å²) in [6, 6.07) is 13.5. The van der Waals surface area contributed by atoms with Crippen molar-refractivity contribution >= 4 is 17.4 Å². The Morgan fingerprint density at radius 3 is 2.59 bits per heavy atom. The van der Waals surface area contributed by atoms with Crippen LogP contribution >= 0.6 is 0 Å². The van der Waals surface area contributed by atoms with Crippen molar-refractivity contribution < 1.29 is 14.0 Å². The average Bonchev–Trinajstić information content (AvgIpc) is 3.00. The van der Waals surface area contributed by atoms with Crippen LogP contribution in [0.2, 0.25) is 0 Å². The largest absolute Gasteiger partial charge is 0.311 e. The minimum atomic E-state index is -1.04. The van der Waals surface area contributed by atoms with E-state index in [2.05, 4.69) is 0 Å². The van der Waals surface area contributed by atoms with E-state index in [-0.39, 0.29) is 17.5 Å². The zero-order valence-corrected chi connectivity index (χ0v) is 11.9. The number of amides is 1. The molecule has 0 aromatic heterocycles. The number of carbonyl (C=O) groups excluding carboxylic acids is 2. The second kappa shape index (κ2) is 4.50. The minimum Gasteiger partial charge on any atom is -0.311 e. The maximum absolute atomic E-state index is 13.4. The van der Waals surface area contributed by atoms with Gasteiger partial charge in [-0.05, 0) is 48.7 Å². The predicted molar refractivity (Wildman–Crippen MR) is 80.3 cm³/mol. The third-order valence-electron chi connectivity index (χ3n) is 4.72. The Bertz CT molecular complexity index is 787. The highest BCUT2D eigenvalue weighted by molar-refractivity contribution is 6.22. The van der Waals surface area contributed by atoms with Gasteiger partial charge in [-0.1, -0.05) is 18.2 Å². The lowest BCUT2D eigenvalue weighted by atomic mass is 9.82. The van der Waals surface area contributed by atoms with Crippen molar-refractivity contribution in [2.24, 2.45) is 5.41 Å². The van der Waals surface area contributed by atoms with Gasteiger partial charge in [0.15, 0.2) is 5.78 Å². The zero-order chi connectivity index (χ0) is 15.3. The quantitative estimate of drug-likeness (QED) is 0.758. The first-order chi connectivity index (χ1) is 10.6. The first-order valence-electron chi connectivity index (χ1n) is 7.32. The van der Waals surface area contributed by atoms with Crippen LogP contribution in [0.1, 0.15) is 22.3 Å². The van der Waals surface area contributed by atoms with Crippen molar-refractivity contribution in [1.29, 1.82) is 0 Å². The fourth-order valence-corrected chi connectivity index (χ4v) is 3.59. The Morgan fingerprint density at radius 2 is 1.82 bits per heavy atom. The maximum atomic E-state index is 13.4. The van der Waals surface area contributed by atoms with Gasteiger partial charge in [-0.3, -0.25) is 9.59 Å². The second-order valence-corrected chi connectivity index (χ2v) is 5.93. The molecule has 4 rings (SSSR count). The van der Waals surface area contributed by atoms with Gasteiger partial charge in [0.1, 0.15) is 11.2 Å². The van der Waals surface area contributed by atoms with Crippen LogP contribution in [0.3, 0.4) is 0 Å². The molecule has 1 spiro atoms. The zero-order valence-electron chi connectivity index (χ0n) is 11.9. The lowest BCUT2D eigenvalue weighted by Gasteiger charge is -2.21. The van der Waals surface area contributed by atoms with Crippen molar-refractivity contribution in [1.82, 2.24) is 0 Å². The fraction of sp³-hybridized carbons (Fsp3) is 0.222. The summed E-state index contributed by atoms with van der Waals surface area (Å²) in [5.74, 6) is -0.694. The van der Waals surface area contributed by atoms with Gasteiger partial charge >= 0.3 is 0 Å². The van der Waals surface area contributed by atoms with Gasteiger partial charge < -0.3 is 4.90 Å². The van der Waals surface area contributed by atoms with E-state index in [0.29, 0.717) is 30.5 Å². The standard InChI is InChI=1S/C18H14FNO2/c19-13-6-7-15-12(10-13)11-18(16(15)21)8-9-20(17(18)22)14-4-2-1-3-5-14/h1-7,10H,8-9,11H2. The highest BCUT2D eigenvalue weighted by atomic mass is 19.1. The number of hydrogen-bond acceptors (Lipinski definition) is 2. The molecule has 0 N–H and O–H groups in total. The van der Waals surface area contributed by atoms with Crippen molar-refractivity contribution in [3.8, 4) is 0 Å². The monoisotopic (exact) mass is 295 g/mol. The Morgan fingerprint density at radius 1 is 1.05 bits per heavy atom. The fourth-order valence-electron chi connectivity index (χ4n) is 3.59. The lowest BCUT2D eigenvalue weighted by Crippen LogP contribution is -2.38. The van der Waals surface area contributed by atoms with E-state index in [9.17, 15) is 14.0 Å². The molecule has 1 fully saturated rings. The van der Waals surface area contributed by atoms with E-state index in [4.69, 9.17) is 0 Å². The number of rotatable bonds is 1. The van der Waals surface area contributed by atoms with Crippen molar-refractivity contribution in [3.05, 3.63) is 65.5 Å². The maximum Gasteiger partial charge on any atom is 0.241 e. The van der Waals surface area contributed by atoms with Crippen LogP contribution in [0.5, 0.6) is 0 Å². The summed E-state index contributed by atoms with van der Waals surface area (Å²) in [4.78, 5) is 27.3. The van der Waals surface area contributed by atoms with E-state index in [1.165, 1.54) is 18.2 Å². The molecule has 1 heterocycles. The van der Waals surface area contributed by atoms with Gasteiger partial charge in [-0.15, -0.1) is 0 Å². The number of nitrogens with zero attached hydrogens (tertiary/aromatic N) is 1. The molecule has 2 aliphatic rings. The van der Waals surface area contributed by atoms with E-state index < -0.39 is 5.41 Å². The van der Waals surface area contributed by atoms with E-state index in [1.54, 1.807) is 4.90 Å². The van der Waals surface area contributed by atoms with Gasteiger partial charge in [0.2, 0.25) is 5.91 Å². The smallest absolute Gasteiger partial charge is 0.241 e. The summed E-state index contributed by atoms with van der Waals surface area (Å²) in [6.45, 7) is 0.519. The summed E-state index contributed by atoms with van der Waals surface area (Å²) >= 11 is 0. The highest BCUT2D eigenvalue weighted by Gasteiger charge is 2.56. The van der Waals surface area contributed by atoms with Gasteiger partial charge in [-0.25, -0.2) is 4.39 Å². The second-order valence-electron chi connectivity index (χ2n) is 5.93. The number of benzene rings is 2. The number of anilines is 1. The number of fused-ring (bicyclic) bond motifs is 1. The number of hydrogen-bond donors (Lipinski definition) is 0. The van der Waals surface area contributed by atoms with Crippen molar-refractivity contribution in [2.75, 3.05) is 11.4 Å². The Hall–Kier alpha value is -2.49. The van der Waals surface area contributed by atoms with Crippen LogP contribution in [-0.4, -0.2) is 18.2 Å². The first kappa shape index (κ1) is 13.2. The number of ketones is 1. The molecule has 0 bridgehead atoms. The lowest BCUT2D eigenvalue weighted by molar-refractivity contribution is -0.123. The number of halogens is 1. The SMILES string of the molecule is O=C1c2ccc(F)cc2CC12CCN(c1ccccc1)C2=O. The van der Waals surface area contributed by atoms with Gasteiger partial charge in [-0.2, -0.15) is 0 Å². The minimum absolute atomic E-state index is 0.161. The molecule has 2 aromatic rings. The van der Waals surface area contributed by atoms with E-state index in [1.807, 2.05) is 30.3 Å². The van der Waals surface area contributed by atoms with Crippen LogP contribution < -0.4 is 4.90 Å². The van der Waals surface area contributed by atoms with Crippen LogP contribution in [0.15, 0.2) is 48.5 Å². The summed E-state index contributed by atoms with van der Waals surface area (Å²) in [5.41, 5.74) is 0.906. The number of Topliss-reactive ketones (excluding diaryl/α,β-unsaturated/α-hetero) is 1. The Labute approximate surface area is 127 Å². The van der Waals surface area contributed by atoms with Crippen LogP contribution in [0.25, 0.3) is 0 Å². The molecule has 4 heteroatoms. The summed E-state index contributed by atoms with van der Waals surface area (Å²) in [6.07, 6.45) is 0.789. The van der Waals surface area contributed by atoms with Crippen molar-refractivity contribution in [3.63, 3.8) is 0 Å². The molecule has 0 saturated carbocycles. The van der Waals surface area contributed by atoms with Gasteiger partial charge in [0.05, 0.1) is 0 Å². The van der Waals surface area contributed by atoms with E-state index >= 15 is 0 Å². The molecule has 22 heavy (non-hydrogen) atoms. The Kier molecular flexibility index (Phi) is 2.70. The molecular weight excluding hydrogens is 281 g/mol. The third-order valence-corrected chi connectivity index (χ3v) is 4.72. The van der Waals surface area contributed by atoms with Gasteiger partial charge in [0, 0.05) is 17.8 Å². The molecule has 1 amide bonds. The molecule has 110 valence electrons. The molecule has 1 atom stereocenters. The molecule has 0 radical (unpaired) electrons. The first-order valence-corrected chi connectivity index (χ1v) is 7.32. The normalized spacial score (nSPS) is 23.4. The molecule has 1 saturated heterocycles. The average molecular weight is 295 g/mol. The molecule has 1 aliphatic carbocycles. The predicted octanol–water partition coefficient (Wildman–Crippen LogP) is 2.99. The summed E-state index contributed by atoms with van der Waals surface area (Å²) < 4.78 is 13.4. The molecule has 1 unspecified atom stereocenters. The number of carbonyl (C=O) groups is 2. The van der Waals surface area contributed by atoms with Crippen LogP contribution in [-0.2, 0) is 11.2 Å². The highest BCUT2D eigenvalue weighted by Crippen LogP contribution is 2.45. The topological polar surface area (TPSA) is 37.4 Å². The van der Waals surface area contributed by atoms with Crippen LogP contribution in [0.4, 0.5) is 10.1 Å². The van der Waals surface area contributed by atoms with Crippen LogP contribution in [0, 0.1) is 11.2 Å². The molecule has 3 nitrogen and oxygen atoms in total. The summed E-state index contributed by atoms with van der Waals surface area (Å²) in [7, 11) is 0. The van der Waals surface area contributed by atoms with Gasteiger partial charge in [0.25, 0.3) is 0 Å². The molecule has 2 aromatic carbocycles. The molecule has 1 aliphatic heterocycles. The summed E-state index contributed by atoms with van der Waals surface area (Å²) in [5, 5.41) is 0. The van der Waals surface area contributed by atoms with E-state index in [0.717, 1.165) is 5.69 Å². The Balaban J connectivity index is 1.73. The third kappa shape index (κ3) is 1.67.